The molecule has 0 bridgehead atoms. The first-order valence-electron chi connectivity index (χ1n) is 9.01. The summed E-state index contributed by atoms with van der Waals surface area (Å²) in [5.41, 5.74) is 1.65. The lowest BCUT2D eigenvalue weighted by atomic mass is 10.1. The van der Waals surface area contributed by atoms with Gasteiger partial charge in [-0.25, -0.2) is 0 Å². The minimum atomic E-state index is -0.0668. The van der Waals surface area contributed by atoms with Gasteiger partial charge in [0, 0.05) is 12.1 Å². The molecule has 1 aliphatic rings. The summed E-state index contributed by atoms with van der Waals surface area (Å²) in [6.45, 7) is 2.05. The zero-order valence-electron chi connectivity index (χ0n) is 15.7. The fraction of sp³-hybridized carbons (Fsp3) is 0.400. The van der Waals surface area contributed by atoms with Crippen molar-refractivity contribution < 1.29 is 14.0 Å². The Labute approximate surface area is 163 Å². The van der Waals surface area contributed by atoms with Crippen LogP contribution in [0.25, 0.3) is 0 Å². The quantitative estimate of drug-likeness (QED) is 0.706. The molecule has 2 amide bonds. The predicted octanol–water partition coefficient (Wildman–Crippen LogP) is 2.74. The molecule has 27 heavy (non-hydrogen) atoms. The van der Waals surface area contributed by atoms with Gasteiger partial charge in [0.1, 0.15) is 11.1 Å². The third-order valence-corrected chi connectivity index (χ3v) is 5.66. The van der Waals surface area contributed by atoms with Gasteiger partial charge in [-0.3, -0.25) is 9.59 Å². The molecule has 3 rings (SSSR count). The zero-order chi connectivity index (χ0) is 19.2. The van der Waals surface area contributed by atoms with Crippen molar-refractivity contribution in [2.24, 2.45) is 0 Å². The van der Waals surface area contributed by atoms with E-state index in [1.165, 1.54) is 0 Å². The Kier molecular flexibility index (Phi) is 6.58. The van der Waals surface area contributed by atoms with Crippen molar-refractivity contribution in [2.75, 3.05) is 32.9 Å². The highest BCUT2D eigenvalue weighted by Gasteiger charge is 2.33. The van der Waals surface area contributed by atoms with Gasteiger partial charge in [0.2, 0.25) is 5.91 Å². The van der Waals surface area contributed by atoms with Crippen LogP contribution in [0.2, 0.25) is 0 Å². The summed E-state index contributed by atoms with van der Waals surface area (Å²) in [6.07, 6.45) is 2.53. The third-order valence-electron chi connectivity index (χ3n) is 4.40. The Morgan fingerprint density at radius 2 is 2.07 bits per heavy atom. The third kappa shape index (κ3) is 5.14. The van der Waals surface area contributed by atoms with E-state index >= 15 is 0 Å². The SMILES string of the molecule is CN(C)CCCNC(=O)c1ccc(C2SCC(=O)N2Cc2ccco2)cc1. The first-order chi connectivity index (χ1) is 13.0. The largest absolute Gasteiger partial charge is 0.467 e. The Morgan fingerprint density at radius 3 is 2.74 bits per heavy atom. The summed E-state index contributed by atoms with van der Waals surface area (Å²) in [7, 11) is 4.03. The number of amides is 2. The molecule has 0 aliphatic carbocycles. The van der Waals surface area contributed by atoms with Crippen LogP contribution in [-0.4, -0.2) is 54.6 Å². The molecule has 1 atom stereocenters. The van der Waals surface area contributed by atoms with Gasteiger partial charge >= 0.3 is 0 Å². The first kappa shape index (κ1) is 19.5. The number of hydrogen-bond donors (Lipinski definition) is 1. The van der Waals surface area contributed by atoms with E-state index in [9.17, 15) is 9.59 Å². The molecule has 1 unspecified atom stereocenters. The number of furan rings is 1. The topological polar surface area (TPSA) is 65.8 Å². The highest BCUT2D eigenvalue weighted by Crippen LogP contribution is 2.39. The van der Waals surface area contributed by atoms with Crippen LogP contribution in [-0.2, 0) is 11.3 Å². The van der Waals surface area contributed by atoms with E-state index in [2.05, 4.69) is 10.2 Å². The molecular formula is C20H25N3O3S. The molecule has 6 nitrogen and oxygen atoms in total. The molecule has 1 aliphatic heterocycles. The summed E-state index contributed by atoms with van der Waals surface area (Å²) in [5, 5.41) is 2.89. The highest BCUT2D eigenvalue weighted by atomic mass is 32.2. The summed E-state index contributed by atoms with van der Waals surface area (Å²) in [4.78, 5) is 28.4. The van der Waals surface area contributed by atoms with Crippen molar-refractivity contribution in [2.45, 2.75) is 18.3 Å². The van der Waals surface area contributed by atoms with Crippen molar-refractivity contribution in [1.29, 1.82) is 0 Å². The molecule has 1 aromatic heterocycles. The molecule has 0 saturated carbocycles. The van der Waals surface area contributed by atoms with Crippen molar-refractivity contribution in [3.8, 4) is 0 Å². The second kappa shape index (κ2) is 9.10. The summed E-state index contributed by atoms with van der Waals surface area (Å²) < 4.78 is 5.38. The normalized spacial score (nSPS) is 16.9. The van der Waals surface area contributed by atoms with Gasteiger partial charge < -0.3 is 19.5 Å². The van der Waals surface area contributed by atoms with E-state index in [1.54, 1.807) is 18.0 Å². The molecule has 1 N–H and O–H groups in total. The van der Waals surface area contributed by atoms with E-state index in [0.29, 0.717) is 24.4 Å². The van der Waals surface area contributed by atoms with Gasteiger partial charge in [-0.05, 0) is 56.9 Å². The lowest BCUT2D eigenvalue weighted by Gasteiger charge is -2.23. The number of carbonyl (C=O) groups excluding carboxylic acids is 2. The average Bonchev–Trinajstić information content (AvgIpc) is 3.29. The standard InChI is InChI=1S/C20H25N3O3S/c1-22(2)11-4-10-21-19(25)15-6-8-16(9-7-15)20-23(18(24)14-27-20)13-17-5-3-12-26-17/h3,5-9,12,20H,4,10-11,13-14H2,1-2H3,(H,21,25). The average molecular weight is 388 g/mol. The van der Waals surface area contributed by atoms with Crippen molar-refractivity contribution in [1.82, 2.24) is 15.1 Å². The van der Waals surface area contributed by atoms with Crippen LogP contribution in [0, 0.1) is 0 Å². The van der Waals surface area contributed by atoms with Crippen LogP contribution in [0.1, 0.15) is 33.5 Å². The second-order valence-electron chi connectivity index (χ2n) is 6.80. The molecule has 0 radical (unpaired) electrons. The highest BCUT2D eigenvalue weighted by molar-refractivity contribution is 8.00. The van der Waals surface area contributed by atoms with Crippen LogP contribution >= 0.6 is 11.8 Å². The minimum Gasteiger partial charge on any atom is -0.467 e. The van der Waals surface area contributed by atoms with Gasteiger partial charge in [0.25, 0.3) is 5.91 Å². The lowest BCUT2D eigenvalue weighted by Crippen LogP contribution is -2.28. The number of rotatable bonds is 8. The molecule has 2 aromatic rings. The van der Waals surface area contributed by atoms with Gasteiger partial charge in [-0.1, -0.05) is 12.1 Å². The summed E-state index contributed by atoms with van der Waals surface area (Å²) in [5.74, 6) is 1.26. The Hall–Kier alpha value is -2.25. The molecule has 1 fully saturated rings. The van der Waals surface area contributed by atoms with E-state index in [1.807, 2.05) is 55.4 Å². The molecule has 1 saturated heterocycles. The summed E-state index contributed by atoms with van der Waals surface area (Å²) in [6, 6.07) is 11.2. The summed E-state index contributed by atoms with van der Waals surface area (Å²) >= 11 is 1.60. The maximum absolute atomic E-state index is 12.2. The molecule has 0 spiro atoms. The van der Waals surface area contributed by atoms with E-state index in [4.69, 9.17) is 4.42 Å². The molecule has 2 heterocycles. The predicted molar refractivity (Wildman–Crippen MR) is 106 cm³/mol. The van der Waals surface area contributed by atoms with Crippen molar-refractivity contribution in [3.63, 3.8) is 0 Å². The second-order valence-corrected chi connectivity index (χ2v) is 7.87. The van der Waals surface area contributed by atoms with Crippen LogP contribution in [0.4, 0.5) is 0 Å². The number of benzene rings is 1. The van der Waals surface area contributed by atoms with Crippen molar-refractivity contribution >= 4 is 23.6 Å². The van der Waals surface area contributed by atoms with Crippen LogP contribution in [0.5, 0.6) is 0 Å². The Bertz CT molecular complexity index is 759. The zero-order valence-corrected chi connectivity index (χ0v) is 16.5. The van der Waals surface area contributed by atoms with Crippen LogP contribution < -0.4 is 5.32 Å². The van der Waals surface area contributed by atoms with Crippen LogP contribution in [0.3, 0.4) is 0 Å². The number of carbonyl (C=O) groups is 2. The van der Waals surface area contributed by atoms with Gasteiger partial charge in [0.15, 0.2) is 0 Å². The smallest absolute Gasteiger partial charge is 0.251 e. The molecule has 7 heteroatoms. The molecule has 1 aromatic carbocycles. The lowest BCUT2D eigenvalue weighted by molar-refractivity contribution is -0.128. The van der Waals surface area contributed by atoms with E-state index in [-0.39, 0.29) is 17.2 Å². The fourth-order valence-corrected chi connectivity index (χ4v) is 4.16. The number of thioether (sulfide) groups is 1. The number of hydrogen-bond acceptors (Lipinski definition) is 5. The van der Waals surface area contributed by atoms with E-state index in [0.717, 1.165) is 24.3 Å². The Balaban J connectivity index is 1.60. The van der Waals surface area contributed by atoms with E-state index < -0.39 is 0 Å². The molecular weight excluding hydrogens is 362 g/mol. The molecule has 144 valence electrons. The van der Waals surface area contributed by atoms with Gasteiger partial charge in [0.05, 0.1) is 18.6 Å². The number of nitrogens with one attached hydrogen (secondary N) is 1. The fourth-order valence-electron chi connectivity index (χ4n) is 2.97. The monoisotopic (exact) mass is 387 g/mol. The maximum atomic E-state index is 12.2. The van der Waals surface area contributed by atoms with Crippen LogP contribution in [0.15, 0.2) is 47.1 Å². The number of nitrogens with zero attached hydrogens (tertiary/aromatic N) is 2. The maximum Gasteiger partial charge on any atom is 0.251 e. The first-order valence-corrected chi connectivity index (χ1v) is 10.1. The minimum absolute atomic E-state index is 0.0557. The van der Waals surface area contributed by atoms with Gasteiger partial charge in [-0.15, -0.1) is 11.8 Å². The Morgan fingerprint density at radius 1 is 1.30 bits per heavy atom. The van der Waals surface area contributed by atoms with Crippen molar-refractivity contribution in [3.05, 3.63) is 59.5 Å². The van der Waals surface area contributed by atoms with Gasteiger partial charge in [-0.2, -0.15) is 0 Å².